The third-order valence-corrected chi connectivity index (χ3v) is 4.71. The first-order chi connectivity index (χ1) is 13.3. The first kappa shape index (κ1) is 20.3. The summed E-state index contributed by atoms with van der Waals surface area (Å²) in [7, 11) is 0. The summed E-state index contributed by atoms with van der Waals surface area (Å²) in [6.07, 6.45) is 3.34. The molecule has 1 amide bonds. The van der Waals surface area contributed by atoms with Gasteiger partial charge in [-0.3, -0.25) is 4.79 Å². The molecule has 6 nitrogen and oxygen atoms in total. The topological polar surface area (TPSA) is 72.5 Å². The number of rotatable bonds is 5. The van der Waals surface area contributed by atoms with Crippen LogP contribution in [0.5, 0.6) is 5.88 Å². The minimum absolute atomic E-state index is 0.0689. The van der Waals surface area contributed by atoms with Crippen LogP contribution in [0, 0.1) is 5.41 Å². The van der Waals surface area contributed by atoms with Crippen LogP contribution in [-0.2, 0) is 4.74 Å². The molecule has 1 aliphatic carbocycles. The highest BCUT2D eigenvalue weighted by molar-refractivity contribution is 5.95. The lowest BCUT2D eigenvalue weighted by Gasteiger charge is -2.38. The lowest BCUT2D eigenvalue weighted by atomic mass is 9.77. The number of halogens is 3. The Morgan fingerprint density at radius 1 is 1.46 bits per heavy atom. The lowest BCUT2D eigenvalue weighted by Crippen LogP contribution is -2.47. The van der Waals surface area contributed by atoms with Crippen LogP contribution in [0.25, 0.3) is 0 Å². The molecule has 0 saturated carbocycles. The van der Waals surface area contributed by atoms with E-state index in [0.717, 1.165) is 13.1 Å². The largest absolute Gasteiger partial charge is 0.468 e. The monoisotopic (exact) mass is 397 g/mol. The molecule has 3 rings (SSSR count). The number of nitrogens with one attached hydrogen (secondary N) is 2. The molecule has 2 aliphatic rings. The van der Waals surface area contributed by atoms with Crippen LogP contribution in [0.15, 0.2) is 42.3 Å². The van der Waals surface area contributed by atoms with Crippen LogP contribution >= 0.6 is 0 Å². The Kier molecular flexibility index (Phi) is 6.04. The van der Waals surface area contributed by atoms with Crippen molar-refractivity contribution in [3.05, 3.63) is 47.8 Å². The average Bonchev–Trinajstić information content (AvgIpc) is 2.69. The molecule has 152 valence electrons. The Balaban J connectivity index is 1.54. The van der Waals surface area contributed by atoms with Crippen molar-refractivity contribution in [3.8, 4) is 5.88 Å². The van der Waals surface area contributed by atoms with Gasteiger partial charge in [0, 0.05) is 36.5 Å². The highest BCUT2D eigenvalue weighted by Gasteiger charge is 2.34. The maximum Gasteiger partial charge on any atom is 0.422 e. The maximum atomic E-state index is 12.3. The van der Waals surface area contributed by atoms with Crippen molar-refractivity contribution in [2.75, 3.05) is 26.3 Å². The fourth-order valence-electron chi connectivity index (χ4n) is 3.03. The normalized spacial score (nSPS) is 25.1. The average molecular weight is 397 g/mol. The molecule has 2 heterocycles. The van der Waals surface area contributed by atoms with Crippen molar-refractivity contribution >= 4 is 5.91 Å². The number of carbonyl (C=O) groups is 1. The summed E-state index contributed by atoms with van der Waals surface area (Å²) >= 11 is 0. The van der Waals surface area contributed by atoms with Gasteiger partial charge in [-0.15, -0.1) is 0 Å². The van der Waals surface area contributed by atoms with Gasteiger partial charge in [0.15, 0.2) is 6.61 Å². The van der Waals surface area contributed by atoms with Crippen LogP contribution in [0.2, 0.25) is 0 Å². The highest BCUT2D eigenvalue weighted by atomic mass is 19.4. The molecule has 0 aromatic carbocycles. The predicted octanol–water partition coefficient (Wildman–Crippen LogP) is 2.59. The van der Waals surface area contributed by atoms with Crippen molar-refractivity contribution < 1.29 is 27.4 Å². The molecule has 1 unspecified atom stereocenters. The van der Waals surface area contributed by atoms with Gasteiger partial charge in [-0.1, -0.05) is 19.1 Å². The van der Waals surface area contributed by atoms with Gasteiger partial charge in [-0.2, -0.15) is 13.2 Å². The van der Waals surface area contributed by atoms with Crippen molar-refractivity contribution in [3.63, 3.8) is 0 Å². The van der Waals surface area contributed by atoms with E-state index < -0.39 is 18.7 Å². The summed E-state index contributed by atoms with van der Waals surface area (Å²) in [5.74, 6) is -0.590. The van der Waals surface area contributed by atoms with Gasteiger partial charge in [-0.25, -0.2) is 4.98 Å². The van der Waals surface area contributed by atoms with Gasteiger partial charge in [0.1, 0.15) is 0 Å². The van der Waals surface area contributed by atoms with Crippen LogP contribution in [-0.4, -0.2) is 49.5 Å². The molecule has 1 saturated heterocycles. The number of carbonyl (C=O) groups excluding carboxylic acids is 1. The molecule has 1 aliphatic heterocycles. The summed E-state index contributed by atoms with van der Waals surface area (Å²) in [5.41, 5.74) is 0.728. The van der Waals surface area contributed by atoms with E-state index >= 15 is 0 Å². The van der Waals surface area contributed by atoms with Gasteiger partial charge in [-0.05, 0) is 18.6 Å². The lowest BCUT2D eigenvalue weighted by molar-refractivity contribution is -0.154. The smallest absolute Gasteiger partial charge is 0.422 e. The minimum atomic E-state index is -4.44. The molecule has 28 heavy (non-hydrogen) atoms. The van der Waals surface area contributed by atoms with Gasteiger partial charge < -0.3 is 20.1 Å². The van der Waals surface area contributed by atoms with Gasteiger partial charge >= 0.3 is 6.18 Å². The third-order valence-electron chi connectivity index (χ3n) is 4.71. The molecule has 2 atom stereocenters. The Morgan fingerprint density at radius 3 is 2.86 bits per heavy atom. The Bertz CT molecular complexity index is 756. The first-order valence-electron chi connectivity index (χ1n) is 8.94. The van der Waals surface area contributed by atoms with Crippen LogP contribution < -0.4 is 15.4 Å². The third kappa shape index (κ3) is 5.32. The van der Waals surface area contributed by atoms with Gasteiger partial charge in [0.2, 0.25) is 5.88 Å². The number of allylic oxidation sites excluding steroid dienone is 2. The zero-order chi connectivity index (χ0) is 20.2. The van der Waals surface area contributed by atoms with E-state index in [1.54, 1.807) is 0 Å². The van der Waals surface area contributed by atoms with Gasteiger partial charge in [0.05, 0.1) is 18.3 Å². The van der Waals surface area contributed by atoms with Crippen molar-refractivity contribution in [1.29, 1.82) is 0 Å². The van der Waals surface area contributed by atoms with Crippen molar-refractivity contribution in [2.24, 2.45) is 5.41 Å². The number of pyridine rings is 1. The molecule has 1 aromatic heterocycles. The van der Waals surface area contributed by atoms with Crippen molar-refractivity contribution in [1.82, 2.24) is 15.6 Å². The molecule has 0 spiro atoms. The van der Waals surface area contributed by atoms with E-state index in [9.17, 15) is 18.0 Å². The van der Waals surface area contributed by atoms with Crippen LogP contribution in [0.3, 0.4) is 0 Å². The minimum Gasteiger partial charge on any atom is -0.468 e. The van der Waals surface area contributed by atoms with E-state index in [1.165, 1.54) is 18.3 Å². The second kappa shape index (κ2) is 8.32. The fraction of sp³-hybridized carbons (Fsp3) is 0.474. The molecule has 0 bridgehead atoms. The van der Waals surface area contributed by atoms with Crippen molar-refractivity contribution in [2.45, 2.75) is 25.6 Å². The highest BCUT2D eigenvalue weighted by Crippen LogP contribution is 2.34. The molecule has 2 N–H and O–H groups in total. The number of amides is 1. The summed E-state index contributed by atoms with van der Waals surface area (Å²) in [6, 6.07) is 2.60. The maximum absolute atomic E-state index is 12.3. The molecule has 1 aromatic rings. The number of morpholine rings is 1. The quantitative estimate of drug-likeness (QED) is 0.799. The van der Waals surface area contributed by atoms with E-state index in [4.69, 9.17) is 4.74 Å². The summed E-state index contributed by atoms with van der Waals surface area (Å²) < 4.78 is 46.8. The number of hydrogen-bond donors (Lipinski definition) is 2. The summed E-state index contributed by atoms with van der Waals surface area (Å²) in [4.78, 5) is 16.1. The van der Waals surface area contributed by atoms with Crippen LogP contribution in [0.1, 0.15) is 23.7 Å². The number of ether oxygens (including phenoxy) is 2. The number of alkyl halides is 3. The summed E-state index contributed by atoms with van der Waals surface area (Å²) in [5, 5.41) is 6.08. The number of nitrogens with zero attached hydrogens (tertiary/aromatic N) is 1. The fourth-order valence-corrected chi connectivity index (χ4v) is 3.03. The summed E-state index contributed by atoms with van der Waals surface area (Å²) in [6.45, 7) is 2.99. The predicted molar refractivity (Wildman–Crippen MR) is 95.8 cm³/mol. The van der Waals surface area contributed by atoms with E-state index in [2.05, 4.69) is 27.3 Å². The first-order valence-corrected chi connectivity index (χ1v) is 8.94. The molecule has 0 radical (unpaired) electrons. The standard InChI is InChI=1S/C19H22F3N3O3/c1-18(15-11-23-8-9-27-15)6-4-14(5-7-18)25-17(26)13-2-3-16(24-10-13)28-12-19(20,21)22/h2-6,10,15,23H,7-9,11-12H2,1H3,(H,25,26)/t15-,18?/m1/s1. The van der Waals surface area contributed by atoms with E-state index in [-0.39, 0.29) is 23.0 Å². The molecule has 9 heteroatoms. The Labute approximate surface area is 160 Å². The molecule has 1 fully saturated rings. The van der Waals surface area contributed by atoms with E-state index in [0.29, 0.717) is 18.7 Å². The second-order valence-electron chi connectivity index (χ2n) is 7.01. The Morgan fingerprint density at radius 2 is 2.29 bits per heavy atom. The zero-order valence-corrected chi connectivity index (χ0v) is 15.4. The van der Waals surface area contributed by atoms with E-state index in [1.807, 2.05) is 18.2 Å². The SMILES string of the molecule is CC1([C@H]2CNCCO2)C=CC(NC(=O)c2ccc(OCC(F)(F)F)nc2)=CC1. The molecular weight excluding hydrogens is 375 g/mol. The molecular formula is C19H22F3N3O3. The Hall–Kier alpha value is -2.39. The van der Waals surface area contributed by atoms with Crippen LogP contribution in [0.4, 0.5) is 13.2 Å². The number of hydrogen-bond acceptors (Lipinski definition) is 5. The zero-order valence-electron chi connectivity index (χ0n) is 15.4. The van der Waals surface area contributed by atoms with Gasteiger partial charge in [0.25, 0.3) is 5.91 Å². The second-order valence-corrected chi connectivity index (χ2v) is 7.01. The number of aromatic nitrogens is 1.